The van der Waals surface area contributed by atoms with Crippen molar-refractivity contribution in [3.63, 3.8) is 0 Å². The van der Waals surface area contributed by atoms with E-state index >= 15 is 0 Å². The molecule has 12 atom stereocenters. The van der Waals surface area contributed by atoms with Gasteiger partial charge in [-0.3, -0.25) is 4.79 Å². The number of hydrogen-bond donors (Lipinski definition) is 9. The molecule has 0 aromatic heterocycles. The van der Waals surface area contributed by atoms with Crippen LogP contribution < -0.4 is 5.32 Å². The molecule has 1 amide bonds. The molecule has 0 aromatic rings. The molecule has 2 saturated heterocycles. The quantitative estimate of drug-likeness (QED) is 0.0204. The van der Waals surface area contributed by atoms with Crippen LogP contribution in [0.1, 0.15) is 290 Å². The standard InChI is InChI=1S/C69H127NO13/c1-3-5-7-9-11-13-15-17-19-21-23-25-27-28-29-31-32-34-36-38-40-42-44-46-48-50-52-58(73)57(56-80-68-66(79)64(77)67(60(55-72)82-68)83-69-65(78)63(76)62(75)59(54-71)81-69)70-61(74)53-51-49-47-45-43-41-39-37-35-33-30-26-24-22-20-18-16-14-12-10-8-6-4-2/h22,24,34,36,42,44,50,52,57-60,62-69,71-73,75-79H,3-21,23,25-33,35,37-41,43,45-49,51,53-56H2,1-2H3,(H,70,74)/b24-22-,36-34+,44-42+,52-50+. The summed E-state index contributed by atoms with van der Waals surface area (Å²) in [6.07, 6.45) is 53.1. The first-order valence-corrected chi connectivity index (χ1v) is 34.4. The van der Waals surface area contributed by atoms with Crippen molar-refractivity contribution in [3.8, 4) is 0 Å². The van der Waals surface area contributed by atoms with Gasteiger partial charge in [-0.15, -0.1) is 0 Å². The second-order valence-electron chi connectivity index (χ2n) is 24.3. The summed E-state index contributed by atoms with van der Waals surface area (Å²) in [4.78, 5) is 13.3. The molecule has 0 saturated carbocycles. The van der Waals surface area contributed by atoms with E-state index in [0.29, 0.717) is 12.8 Å². The van der Waals surface area contributed by atoms with Gasteiger partial charge in [-0.1, -0.05) is 262 Å². The normalized spacial score (nSPS) is 24.1. The van der Waals surface area contributed by atoms with Crippen LogP contribution in [0.25, 0.3) is 0 Å². The summed E-state index contributed by atoms with van der Waals surface area (Å²) in [6.45, 7) is 2.81. The average Bonchev–Trinajstić information content (AvgIpc) is 3.64. The molecule has 83 heavy (non-hydrogen) atoms. The minimum Gasteiger partial charge on any atom is -0.394 e. The van der Waals surface area contributed by atoms with Crippen molar-refractivity contribution in [1.29, 1.82) is 0 Å². The zero-order chi connectivity index (χ0) is 60.2. The summed E-state index contributed by atoms with van der Waals surface area (Å²) in [6, 6.07) is -0.940. The number of carbonyl (C=O) groups excluding carboxylic acids is 1. The molecule has 14 heteroatoms. The van der Waals surface area contributed by atoms with Crippen LogP contribution in [0.2, 0.25) is 0 Å². The third kappa shape index (κ3) is 38.8. The van der Waals surface area contributed by atoms with Crippen LogP contribution >= 0.6 is 0 Å². The van der Waals surface area contributed by atoms with Crippen molar-refractivity contribution in [2.24, 2.45) is 0 Å². The number of carbonyl (C=O) groups is 1. The van der Waals surface area contributed by atoms with Crippen molar-refractivity contribution in [3.05, 3.63) is 48.6 Å². The van der Waals surface area contributed by atoms with E-state index in [9.17, 15) is 45.6 Å². The molecule has 2 fully saturated rings. The highest BCUT2D eigenvalue weighted by Crippen LogP contribution is 2.30. The van der Waals surface area contributed by atoms with Gasteiger partial charge in [-0.25, -0.2) is 0 Å². The molecule has 2 aliphatic heterocycles. The van der Waals surface area contributed by atoms with Crippen molar-refractivity contribution in [2.45, 2.75) is 364 Å². The summed E-state index contributed by atoms with van der Waals surface area (Å²) >= 11 is 0. The topological polar surface area (TPSA) is 228 Å². The molecule has 12 unspecified atom stereocenters. The van der Waals surface area contributed by atoms with Gasteiger partial charge in [0.2, 0.25) is 5.91 Å². The smallest absolute Gasteiger partial charge is 0.220 e. The first-order valence-electron chi connectivity index (χ1n) is 34.4. The SMILES string of the molecule is CCCCCCCCCC/C=C\CCCCCCCCCCCCCC(=O)NC(COC1OC(CO)C(OC2OC(CO)C(O)C(O)C2O)C(O)C1O)C(O)/C=C/CC/C=C/CC/C=C/CCCCCCCCCCCCCCCCCC. The Morgan fingerprint density at radius 1 is 0.422 bits per heavy atom. The van der Waals surface area contributed by atoms with Crippen LogP contribution in [0.4, 0.5) is 0 Å². The third-order valence-electron chi connectivity index (χ3n) is 16.7. The van der Waals surface area contributed by atoms with E-state index in [4.69, 9.17) is 18.9 Å². The Balaban J connectivity index is 1.73. The molecule has 2 heterocycles. The first-order chi connectivity index (χ1) is 40.6. The minimum absolute atomic E-state index is 0.251. The van der Waals surface area contributed by atoms with Gasteiger partial charge in [0.1, 0.15) is 48.8 Å². The van der Waals surface area contributed by atoms with Gasteiger partial charge < -0.3 is 65.1 Å². The van der Waals surface area contributed by atoms with Gasteiger partial charge in [-0.2, -0.15) is 0 Å². The third-order valence-corrected chi connectivity index (χ3v) is 16.7. The first kappa shape index (κ1) is 77.0. The Bertz CT molecular complexity index is 1580. The number of unbranched alkanes of at least 4 members (excludes halogenated alkanes) is 37. The van der Waals surface area contributed by atoms with Gasteiger partial charge in [0.05, 0.1) is 32.0 Å². The summed E-state index contributed by atoms with van der Waals surface area (Å²) in [5, 5.41) is 87.3. The van der Waals surface area contributed by atoms with Crippen molar-refractivity contribution in [2.75, 3.05) is 19.8 Å². The predicted molar refractivity (Wildman–Crippen MR) is 337 cm³/mol. The molecular formula is C69H127NO13. The zero-order valence-corrected chi connectivity index (χ0v) is 52.7. The summed E-state index contributed by atoms with van der Waals surface area (Å²) < 4.78 is 22.8. The Hall–Kier alpha value is -2.05. The molecule has 9 N–H and O–H groups in total. The van der Waals surface area contributed by atoms with E-state index < -0.39 is 86.8 Å². The summed E-state index contributed by atoms with van der Waals surface area (Å²) in [5.41, 5.74) is 0. The van der Waals surface area contributed by atoms with Crippen molar-refractivity contribution < 1.29 is 64.6 Å². The average molecular weight is 1180 g/mol. The Morgan fingerprint density at radius 3 is 1.18 bits per heavy atom. The van der Waals surface area contributed by atoms with Crippen molar-refractivity contribution >= 4 is 5.91 Å². The molecule has 0 aliphatic carbocycles. The minimum atomic E-state index is -1.79. The van der Waals surface area contributed by atoms with E-state index in [1.54, 1.807) is 6.08 Å². The fourth-order valence-electron chi connectivity index (χ4n) is 11.2. The summed E-state index contributed by atoms with van der Waals surface area (Å²) in [5.74, 6) is -0.251. The summed E-state index contributed by atoms with van der Waals surface area (Å²) in [7, 11) is 0. The highest BCUT2D eigenvalue weighted by molar-refractivity contribution is 5.76. The second kappa shape index (κ2) is 54.1. The van der Waals surface area contributed by atoms with Crippen LogP contribution in [0, 0.1) is 0 Å². The zero-order valence-electron chi connectivity index (χ0n) is 52.7. The number of rotatable bonds is 56. The largest absolute Gasteiger partial charge is 0.394 e. The number of allylic oxidation sites excluding steroid dienone is 7. The van der Waals surface area contributed by atoms with E-state index in [1.165, 1.54) is 212 Å². The number of amides is 1. The lowest BCUT2D eigenvalue weighted by Crippen LogP contribution is -2.65. The van der Waals surface area contributed by atoms with Crippen LogP contribution in [0.3, 0.4) is 0 Å². The van der Waals surface area contributed by atoms with Gasteiger partial charge in [0.25, 0.3) is 0 Å². The number of aliphatic hydroxyl groups excluding tert-OH is 8. The lowest BCUT2D eigenvalue weighted by atomic mass is 9.97. The molecular weight excluding hydrogens is 1050 g/mol. The molecule has 0 radical (unpaired) electrons. The van der Waals surface area contributed by atoms with E-state index in [1.807, 2.05) is 6.08 Å². The fourth-order valence-corrected chi connectivity index (χ4v) is 11.2. The van der Waals surface area contributed by atoms with Crippen LogP contribution in [-0.4, -0.2) is 140 Å². The predicted octanol–water partition coefficient (Wildman–Crippen LogP) is 13.5. The highest BCUT2D eigenvalue weighted by atomic mass is 16.7. The van der Waals surface area contributed by atoms with Crippen LogP contribution in [0.5, 0.6) is 0 Å². The van der Waals surface area contributed by atoms with E-state index in [0.717, 1.165) is 44.9 Å². The molecule has 2 rings (SSSR count). The second-order valence-corrected chi connectivity index (χ2v) is 24.3. The lowest BCUT2D eigenvalue weighted by molar-refractivity contribution is -0.359. The Morgan fingerprint density at radius 2 is 0.771 bits per heavy atom. The maximum absolute atomic E-state index is 13.3. The Kier molecular flexibility index (Phi) is 50.2. The monoisotopic (exact) mass is 1180 g/mol. The van der Waals surface area contributed by atoms with E-state index in [2.05, 4.69) is 55.6 Å². The van der Waals surface area contributed by atoms with Crippen LogP contribution in [0.15, 0.2) is 48.6 Å². The highest BCUT2D eigenvalue weighted by Gasteiger charge is 2.51. The molecule has 2 aliphatic rings. The van der Waals surface area contributed by atoms with Gasteiger partial charge in [-0.05, 0) is 70.6 Å². The van der Waals surface area contributed by atoms with Gasteiger partial charge in [0.15, 0.2) is 12.6 Å². The maximum Gasteiger partial charge on any atom is 0.220 e. The number of aliphatic hydroxyl groups is 8. The molecule has 0 spiro atoms. The number of nitrogens with one attached hydrogen (secondary N) is 1. The van der Waals surface area contributed by atoms with Gasteiger partial charge in [0, 0.05) is 6.42 Å². The fraction of sp³-hybridized carbons (Fsp3) is 0.870. The Labute approximate surface area is 505 Å². The van der Waals surface area contributed by atoms with E-state index in [-0.39, 0.29) is 18.9 Å². The molecule has 486 valence electrons. The molecule has 0 aromatic carbocycles. The number of ether oxygens (including phenoxy) is 4. The number of hydrogen-bond acceptors (Lipinski definition) is 13. The lowest BCUT2D eigenvalue weighted by Gasteiger charge is -2.46. The van der Waals surface area contributed by atoms with Crippen molar-refractivity contribution in [1.82, 2.24) is 5.32 Å². The molecule has 14 nitrogen and oxygen atoms in total. The van der Waals surface area contributed by atoms with Gasteiger partial charge >= 0.3 is 0 Å². The molecule has 0 bridgehead atoms. The van der Waals surface area contributed by atoms with Crippen LogP contribution in [-0.2, 0) is 23.7 Å². The maximum atomic E-state index is 13.3.